The average molecular weight is 323 g/mol. The van der Waals surface area contributed by atoms with E-state index >= 15 is 0 Å². The number of aromatic nitrogens is 2. The third kappa shape index (κ3) is 3.94. The molecule has 1 fully saturated rings. The van der Waals surface area contributed by atoms with Gasteiger partial charge in [0.2, 0.25) is 10.0 Å². The van der Waals surface area contributed by atoms with Gasteiger partial charge in [0.25, 0.3) is 0 Å². The first kappa shape index (κ1) is 17.4. The van der Waals surface area contributed by atoms with Crippen molar-refractivity contribution >= 4 is 22.4 Å². The van der Waals surface area contributed by atoms with E-state index in [0.29, 0.717) is 18.2 Å². The molecule has 0 spiro atoms. The first-order valence-electron chi connectivity index (χ1n) is 6.77. The summed E-state index contributed by atoms with van der Waals surface area (Å²) in [4.78, 5) is 0.210. The summed E-state index contributed by atoms with van der Waals surface area (Å²) in [5.74, 6) is 0.348. The van der Waals surface area contributed by atoms with Crippen molar-refractivity contribution in [1.82, 2.24) is 14.9 Å². The predicted octanol–water partition coefficient (Wildman–Crippen LogP) is 1.33. The molecular weight excluding hydrogens is 300 g/mol. The molecule has 1 aliphatic carbocycles. The number of hydrogen-bond acceptors (Lipinski definition) is 4. The van der Waals surface area contributed by atoms with Crippen LogP contribution in [0.5, 0.6) is 0 Å². The molecule has 0 aromatic carbocycles. The van der Waals surface area contributed by atoms with Gasteiger partial charge in [-0.2, -0.15) is 5.10 Å². The fourth-order valence-electron chi connectivity index (χ4n) is 2.75. The zero-order chi connectivity index (χ0) is 13.9. The molecule has 0 saturated heterocycles. The second-order valence-electron chi connectivity index (χ2n) is 5.22. The van der Waals surface area contributed by atoms with Crippen molar-refractivity contribution in [2.24, 2.45) is 11.7 Å². The van der Waals surface area contributed by atoms with Gasteiger partial charge in [-0.3, -0.25) is 5.10 Å². The average Bonchev–Trinajstić information content (AvgIpc) is 2.84. The predicted molar refractivity (Wildman–Crippen MR) is 80.3 cm³/mol. The van der Waals surface area contributed by atoms with E-state index in [0.717, 1.165) is 25.7 Å². The van der Waals surface area contributed by atoms with E-state index in [1.165, 1.54) is 12.6 Å². The Morgan fingerprint density at radius 2 is 2.10 bits per heavy atom. The lowest BCUT2D eigenvalue weighted by atomic mass is 9.84. The zero-order valence-electron chi connectivity index (χ0n) is 11.6. The van der Waals surface area contributed by atoms with Gasteiger partial charge in [0.05, 0.1) is 11.9 Å². The Bertz CT molecular complexity index is 511. The number of H-pyrrole nitrogens is 1. The smallest absolute Gasteiger partial charge is 0.244 e. The Kier molecular flexibility index (Phi) is 6.44. The van der Waals surface area contributed by atoms with Crippen molar-refractivity contribution in [3.63, 3.8) is 0 Å². The van der Waals surface area contributed by atoms with Crippen LogP contribution in [-0.2, 0) is 10.0 Å². The summed E-state index contributed by atoms with van der Waals surface area (Å²) in [6, 6.07) is -0.181. The Hall–Kier alpha value is -0.630. The van der Waals surface area contributed by atoms with Crippen LogP contribution in [0.3, 0.4) is 0 Å². The van der Waals surface area contributed by atoms with Gasteiger partial charge in [-0.25, -0.2) is 13.1 Å². The maximum Gasteiger partial charge on any atom is 0.244 e. The molecule has 1 unspecified atom stereocenters. The van der Waals surface area contributed by atoms with Crippen molar-refractivity contribution in [1.29, 1.82) is 0 Å². The SMILES string of the molecule is Cc1[nH]ncc1S(=O)(=O)NC(CN)C1CCCCC1.Cl. The molecule has 0 radical (unpaired) electrons. The van der Waals surface area contributed by atoms with Crippen LogP contribution in [0, 0.1) is 12.8 Å². The zero-order valence-corrected chi connectivity index (χ0v) is 13.3. The molecule has 1 saturated carbocycles. The van der Waals surface area contributed by atoms with E-state index < -0.39 is 10.0 Å². The highest BCUT2D eigenvalue weighted by molar-refractivity contribution is 7.89. The molecule has 20 heavy (non-hydrogen) atoms. The van der Waals surface area contributed by atoms with Gasteiger partial charge in [0.15, 0.2) is 0 Å². The largest absolute Gasteiger partial charge is 0.329 e. The molecule has 1 aromatic heterocycles. The summed E-state index contributed by atoms with van der Waals surface area (Å²) in [7, 11) is -3.53. The van der Waals surface area contributed by atoms with Crippen molar-refractivity contribution in [3.8, 4) is 0 Å². The van der Waals surface area contributed by atoms with E-state index in [1.807, 2.05) is 0 Å². The number of aryl methyl sites for hydroxylation is 1. The van der Waals surface area contributed by atoms with E-state index in [4.69, 9.17) is 5.73 Å². The maximum atomic E-state index is 12.3. The minimum absolute atomic E-state index is 0. The third-order valence-corrected chi connectivity index (χ3v) is 5.46. The number of sulfonamides is 1. The minimum atomic E-state index is -3.53. The summed E-state index contributed by atoms with van der Waals surface area (Å²) in [6.07, 6.45) is 7.00. The summed E-state index contributed by atoms with van der Waals surface area (Å²) >= 11 is 0. The number of nitrogens with one attached hydrogen (secondary N) is 2. The molecular formula is C12H23ClN4O2S. The number of nitrogens with two attached hydrogens (primary N) is 1. The molecule has 0 bridgehead atoms. The molecule has 8 heteroatoms. The molecule has 1 heterocycles. The molecule has 4 N–H and O–H groups in total. The topological polar surface area (TPSA) is 101 Å². The molecule has 1 aliphatic rings. The maximum absolute atomic E-state index is 12.3. The van der Waals surface area contributed by atoms with Gasteiger partial charge < -0.3 is 5.73 Å². The highest BCUT2D eigenvalue weighted by Crippen LogP contribution is 2.27. The van der Waals surface area contributed by atoms with Crippen LogP contribution in [0.15, 0.2) is 11.1 Å². The molecule has 2 rings (SSSR count). The van der Waals surface area contributed by atoms with Crippen LogP contribution in [0.1, 0.15) is 37.8 Å². The Labute approximate surface area is 126 Å². The van der Waals surface area contributed by atoms with Crippen LogP contribution >= 0.6 is 12.4 Å². The summed E-state index contributed by atoms with van der Waals surface area (Å²) in [5.41, 5.74) is 6.30. The number of nitrogens with zero attached hydrogens (tertiary/aromatic N) is 1. The van der Waals surface area contributed by atoms with Gasteiger partial charge in [-0.15, -0.1) is 12.4 Å². The lowest BCUT2D eigenvalue weighted by molar-refractivity contribution is 0.294. The molecule has 1 atom stereocenters. The Morgan fingerprint density at radius 3 is 2.60 bits per heavy atom. The van der Waals surface area contributed by atoms with Gasteiger partial charge in [0.1, 0.15) is 4.90 Å². The molecule has 1 aromatic rings. The molecule has 6 nitrogen and oxygen atoms in total. The number of hydrogen-bond donors (Lipinski definition) is 3. The van der Waals surface area contributed by atoms with Gasteiger partial charge in [0, 0.05) is 12.6 Å². The first-order valence-corrected chi connectivity index (χ1v) is 8.25. The van der Waals surface area contributed by atoms with Crippen LogP contribution in [0.25, 0.3) is 0 Å². The normalized spacial score (nSPS) is 18.5. The standard InChI is InChI=1S/C12H22N4O2S.ClH/c1-9-12(8-14-15-9)19(17,18)16-11(7-13)10-5-3-2-4-6-10;/h8,10-11,16H,2-7,13H2,1H3,(H,14,15);1H. The molecule has 0 amide bonds. The summed E-state index contributed by atoms with van der Waals surface area (Å²) in [6.45, 7) is 2.03. The lowest BCUT2D eigenvalue weighted by Crippen LogP contribution is -2.45. The number of aromatic amines is 1. The lowest BCUT2D eigenvalue weighted by Gasteiger charge is -2.29. The second kappa shape index (κ2) is 7.40. The van der Waals surface area contributed by atoms with Crippen molar-refractivity contribution < 1.29 is 8.42 Å². The van der Waals surface area contributed by atoms with Crippen LogP contribution in [0.4, 0.5) is 0 Å². The van der Waals surface area contributed by atoms with E-state index in [2.05, 4.69) is 14.9 Å². The highest BCUT2D eigenvalue weighted by Gasteiger charge is 2.28. The number of halogens is 1. The monoisotopic (exact) mass is 322 g/mol. The van der Waals surface area contributed by atoms with Gasteiger partial charge in [-0.1, -0.05) is 19.3 Å². The number of rotatable bonds is 5. The Balaban J connectivity index is 0.00000200. The van der Waals surface area contributed by atoms with Crippen LogP contribution < -0.4 is 10.5 Å². The van der Waals surface area contributed by atoms with Crippen molar-refractivity contribution in [2.45, 2.75) is 50.0 Å². The summed E-state index contributed by atoms with van der Waals surface area (Å²) in [5, 5.41) is 6.40. The fraction of sp³-hybridized carbons (Fsp3) is 0.750. The van der Waals surface area contributed by atoms with Crippen molar-refractivity contribution in [2.75, 3.05) is 6.54 Å². The summed E-state index contributed by atoms with van der Waals surface area (Å²) < 4.78 is 27.3. The first-order chi connectivity index (χ1) is 9.04. The van der Waals surface area contributed by atoms with Gasteiger partial charge in [-0.05, 0) is 25.7 Å². The molecule has 0 aliphatic heterocycles. The van der Waals surface area contributed by atoms with E-state index in [-0.39, 0.29) is 23.3 Å². The third-order valence-electron chi connectivity index (χ3n) is 3.85. The fourth-order valence-corrected chi connectivity index (χ4v) is 4.20. The molecule has 116 valence electrons. The quantitative estimate of drug-likeness (QED) is 0.761. The minimum Gasteiger partial charge on any atom is -0.329 e. The second-order valence-corrected chi connectivity index (χ2v) is 6.90. The van der Waals surface area contributed by atoms with Crippen LogP contribution in [0.2, 0.25) is 0 Å². The van der Waals surface area contributed by atoms with E-state index in [1.54, 1.807) is 6.92 Å². The van der Waals surface area contributed by atoms with E-state index in [9.17, 15) is 8.42 Å². The van der Waals surface area contributed by atoms with Gasteiger partial charge >= 0.3 is 0 Å². The van der Waals surface area contributed by atoms with Crippen molar-refractivity contribution in [3.05, 3.63) is 11.9 Å². The highest BCUT2D eigenvalue weighted by atomic mass is 35.5. The van der Waals surface area contributed by atoms with Crippen LogP contribution in [-0.4, -0.2) is 31.2 Å². The Morgan fingerprint density at radius 1 is 1.45 bits per heavy atom.